The van der Waals surface area contributed by atoms with Crippen molar-refractivity contribution in [3.63, 3.8) is 0 Å². The standard InChI is InChI=1S/C14H25N3O2S2/c1-3-17-6-4-12(5-7-17)10-16-21(18,19)14-8-13(9-15)20-11(14)2/h8,12,16H,3-7,9-10,15H2,1-2H3. The molecule has 5 nitrogen and oxygen atoms in total. The number of nitrogens with zero attached hydrogens (tertiary/aromatic N) is 1. The van der Waals surface area contributed by atoms with Crippen molar-refractivity contribution in [2.45, 2.75) is 38.1 Å². The average Bonchev–Trinajstić information content (AvgIpc) is 2.88. The van der Waals surface area contributed by atoms with Crippen LogP contribution in [0, 0.1) is 12.8 Å². The molecule has 2 rings (SSSR count). The van der Waals surface area contributed by atoms with Crippen LogP contribution < -0.4 is 10.5 Å². The fourth-order valence-electron chi connectivity index (χ4n) is 2.70. The molecule has 0 bridgehead atoms. The summed E-state index contributed by atoms with van der Waals surface area (Å²) >= 11 is 1.46. The molecule has 1 fully saturated rings. The van der Waals surface area contributed by atoms with E-state index >= 15 is 0 Å². The topological polar surface area (TPSA) is 75.4 Å². The normalized spacial score (nSPS) is 18.2. The van der Waals surface area contributed by atoms with Gasteiger partial charge in [0.15, 0.2) is 0 Å². The Balaban J connectivity index is 1.94. The van der Waals surface area contributed by atoms with Crippen molar-refractivity contribution in [3.8, 4) is 0 Å². The quantitative estimate of drug-likeness (QED) is 0.829. The Labute approximate surface area is 131 Å². The number of sulfonamides is 1. The third-order valence-corrected chi connectivity index (χ3v) is 6.88. The predicted molar refractivity (Wildman–Crippen MR) is 87.0 cm³/mol. The van der Waals surface area contributed by atoms with Crippen molar-refractivity contribution >= 4 is 21.4 Å². The van der Waals surface area contributed by atoms with E-state index in [9.17, 15) is 8.42 Å². The Hall–Kier alpha value is -0.470. The monoisotopic (exact) mass is 331 g/mol. The van der Waals surface area contributed by atoms with Crippen molar-refractivity contribution in [2.24, 2.45) is 11.7 Å². The average molecular weight is 332 g/mol. The van der Waals surface area contributed by atoms with Gasteiger partial charge in [0.1, 0.15) is 0 Å². The molecule has 7 heteroatoms. The minimum absolute atomic E-state index is 0.385. The van der Waals surface area contributed by atoms with E-state index in [0.717, 1.165) is 42.2 Å². The fourth-order valence-corrected chi connectivity index (χ4v) is 5.33. The Morgan fingerprint density at radius 2 is 2.10 bits per heavy atom. The molecule has 1 aromatic rings. The van der Waals surface area contributed by atoms with Gasteiger partial charge in [-0.25, -0.2) is 13.1 Å². The van der Waals surface area contributed by atoms with E-state index in [2.05, 4.69) is 16.5 Å². The van der Waals surface area contributed by atoms with Gasteiger partial charge in [-0.1, -0.05) is 6.92 Å². The first-order chi connectivity index (χ1) is 9.96. The van der Waals surface area contributed by atoms with Crippen LogP contribution in [0.5, 0.6) is 0 Å². The zero-order chi connectivity index (χ0) is 15.5. The van der Waals surface area contributed by atoms with Gasteiger partial charge in [-0.05, 0) is 51.4 Å². The first-order valence-corrected chi connectivity index (χ1v) is 9.77. The lowest BCUT2D eigenvalue weighted by Gasteiger charge is -2.30. The highest BCUT2D eigenvalue weighted by atomic mass is 32.2. The fraction of sp³-hybridized carbons (Fsp3) is 0.714. The zero-order valence-corrected chi connectivity index (χ0v) is 14.4. The minimum Gasteiger partial charge on any atom is -0.326 e. The minimum atomic E-state index is -3.41. The number of rotatable bonds is 6. The van der Waals surface area contributed by atoms with Crippen LogP contribution in [-0.4, -0.2) is 39.5 Å². The lowest BCUT2D eigenvalue weighted by molar-refractivity contribution is 0.194. The van der Waals surface area contributed by atoms with Gasteiger partial charge in [0.05, 0.1) is 4.90 Å². The van der Waals surface area contributed by atoms with Gasteiger partial charge in [-0.3, -0.25) is 0 Å². The molecule has 0 amide bonds. The van der Waals surface area contributed by atoms with Crippen LogP contribution in [0.3, 0.4) is 0 Å². The number of aryl methyl sites for hydroxylation is 1. The van der Waals surface area contributed by atoms with Gasteiger partial charge in [0.25, 0.3) is 0 Å². The summed E-state index contributed by atoms with van der Waals surface area (Å²) in [6.07, 6.45) is 2.13. The van der Waals surface area contributed by atoms with E-state index in [1.54, 1.807) is 6.07 Å². The molecule has 0 saturated carbocycles. The molecular weight excluding hydrogens is 306 g/mol. The maximum Gasteiger partial charge on any atom is 0.241 e. The highest BCUT2D eigenvalue weighted by molar-refractivity contribution is 7.89. The first-order valence-electron chi connectivity index (χ1n) is 7.47. The lowest BCUT2D eigenvalue weighted by Crippen LogP contribution is -2.38. The molecule has 2 heterocycles. The Kier molecular flexibility index (Phi) is 5.79. The Morgan fingerprint density at radius 3 is 2.62 bits per heavy atom. The summed E-state index contributed by atoms with van der Waals surface area (Å²) in [5.74, 6) is 0.440. The molecular formula is C14H25N3O2S2. The van der Waals surface area contributed by atoms with Crippen molar-refractivity contribution in [1.29, 1.82) is 0 Å². The predicted octanol–water partition coefficient (Wildman–Crippen LogP) is 1.53. The summed E-state index contributed by atoms with van der Waals surface area (Å²) in [7, 11) is -3.41. The second kappa shape index (κ2) is 7.19. The van der Waals surface area contributed by atoms with Crippen LogP contribution in [0.2, 0.25) is 0 Å². The highest BCUT2D eigenvalue weighted by Crippen LogP contribution is 2.25. The van der Waals surface area contributed by atoms with Gasteiger partial charge in [-0.15, -0.1) is 11.3 Å². The molecule has 0 unspecified atom stereocenters. The summed E-state index contributed by atoms with van der Waals surface area (Å²) in [6, 6.07) is 1.70. The largest absolute Gasteiger partial charge is 0.326 e. The number of hydrogen-bond donors (Lipinski definition) is 2. The third kappa shape index (κ3) is 4.26. The van der Waals surface area contributed by atoms with Gasteiger partial charge in [-0.2, -0.15) is 0 Å². The van der Waals surface area contributed by atoms with Gasteiger partial charge < -0.3 is 10.6 Å². The van der Waals surface area contributed by atoms with E-state index < -0.39 is 10.0 Å². The molecule has 3 N–H and O–H groups in total. The smallest absolute Gasteiger partial charge is 0.241 e. The van der Waals surface area contributed by atoms with Crippen LogP contribution >= 0.6 is 11.3 Å². The molecule has 1 saturated heterocycles. The SMILES string of the molecule is CCN1CCC(CNS(=O)(=O)c2cc(CN)sc2C)CC1. The Bertz CT molecular complexity index is 561. The molecule has 0 aromatic carbocycles. The highest BCUT2D eigenvalue weighted by Gasteiger charge is 2.23. The molecule has 21 heavy (non-hydrogen) atoms. The first kappa shape index (κ1) is 16.9. The van der Waals surface area contributed by atoms with Crippen LogP contribution in [0.4, 0.5) is 0 Å². The second-order valence-electron chi connectivity index (χ2n) is 5.57. The summed E-state index contributed by atoms with van der Waals surface area (Å²) in [5.41, 5.74) is 5.58. The van der Waals surface area contributed by atoms with Crippen LogP contribution in [-0.2, 0) is 16.6 Å². The number of nitrogens with two attached hydrogens (primary N) is 1. The maximum atomic E-state index is 12.4. The molecule has 0 radical (unpaired) electrons. The summed E-state index contributed by atoms with van der Waals surface area (Å²) in [4.78, 5) is 4.51. The van der Waals surface area contributed by atoms with Crippen LogP contribution in [0.15, 0.2) is 11.0 Å². The van der Waals surface area contributed by atoms with Gasteiger partial charge in [0.2, 0.25) is 10.0 Å². The number of piperidine rings is 1. The third-order valence-electron chi connectivity index (χ3n) is 4.13. The molecule has 0 aliphatic carbocycles. The summed E-state index contributed by atoms with van der Waals surface area (Å²) in [5, 5.41) is 0. The molecule has 1 aliphatic rings. The zero-order valence-electron chi connectivity index (χ0n) is 12.8. The van der Waals surface area contributed by atoms with Crippen molar-refractivity contribution in [3.05, 3.63) is 15.8 Å². The van der Waals surface area contributed by atoms with Crippen molar-refractivity contribution in [1.82, 2.24) is 9.62 Å². The number of nitrogens with one attached hydrogen (secondary N) is 1. The van der Waals surface area contributed by atoms with E-state index in [0.29, 0.717) is 23.9 Å². The molecule has 0 atom stereocenters. The van der Waals surface area contributed by atoms with Crippen LogP contribution in [0.25, 0.3) is 0 Å². The summed E-state index contributed by atoms with van der Waals surface area (Å²) in [6.45, 7) is 8.13. The van der Waals surface area contributed by atoms with Crippen molar-refractivity contribution in [2.75, 3.05) is 26.2 Å². The van der Waals surface area contributed by atoms with Gasteiger partial charge >= 0.3 is 0 Å². The molecule has 0 spiro atoms. The second-order valence-corrected chi connectivity index (χ2v) is 8.64. The Morgan fingerprint density at radius 1 is 1.43 bits per heavy atom. The number of thiophene rings is 1. The van der Waals surface area contributed by atoms with E-state index in [1.807, 2.05) is 6.92 Å². The molecule has 1 aromatic heterocycles. The molecule has 120 valence electrons. The van der Waals surface area contributed by atoms with Crippen LogP contribution in [0.1, 0.15) is 29.5 Å². The van der Waals surface area contributed by atoms with E-state index in [1.165, 1.54) is 11.3 Å². The molecule has 1 aliphatic heterocycles. The lowest BCUT2D eigenvalue weighted by atomic mass is 9.97. The van der Waals surface area contributed by atoms with E-state index in [4.69, 9.17) is 5.73 Å². The summed E-state index contributed by atoms with van der Waals surface area (Å²) < 4.78 is 27.6. The van der Waals surface area contributed by atoms with Gasteiger partial charge in [0, 0.05) is 22.8 Å². The number of hydrogen-bond acceptors (Lipinski definition) is 5. The van der Waals surface area contributed by atoms with E-state index in [-0.39, 0.29) is 0 Å². The maximum absolute atomic E-state index is 12.4. The van der Waals surface area contributed by atoms with Crippen molar-refractivity contribution < 1.29 is 8.42 Å². The number of likely N-dealkylation sites (tertiary alicyclic amines) is 1.